The second-order valence-electron chi connectivity index (χ2n) is 7.51. The molecule has 2 aromatic carbocycles. The van der Waals surface area contributed by atoms with Gasteiger partial charge in [0.25, 0.3) is 0 Å². The van der Waals surface area contributed by atoms with Gasteiger partial charge in [-0.15, -0.1) is 6.42 Å². The van der Waals surface area contributed by atoms with Crippen LogP contribution in [0.4, 0.5) is 0 Å². The second-order valence-corrected chi connectivity index (χ2v) is 8.36. The minimum Gasteiger partial charge on any atom is -0.493 e. The fraction of sp³-hybridized carbons (Fsp3) is 0.231. The van der Waals surface area contributed by atoms with E-state index in [0.29, 0.717) is 49.6 Å². The summed E-state index contributed by atoms with van der Waals surface area (Å²) in [6, 6.07) is 11.0. The number of esters is 1. The van der Waals surface area contributed by atoms with Crippen molar-refractivity contribution in [3.63, 3.8) is 0 Å². The molecule has 7 heteroatoms. The van der Waals surface area contributed by atoms with Crippen molar-refractivity contribution >= 4 is 33.4 Å². The number of halogens is 1. The van der Waals surface area contributed by atoms with Crippen LogP contribution in [0, 0.1) is 12.3 Å². The zero-order valence-electron chi connectivity index (χ0n) is 18.5. The molecule has 2 aromatic rings. The van der Waals surface area contributed by atoms with E-state index >= 15 is 0 Å². The van der Waals surface area contributed by atoms with Crippen LogP contribution in [0.5, 0.6) is 11.5 Å². The van der Waals surface area contributed by atoms with Crippen molar-refractivity contribution in [2.24, 2.45) is 0 Å². The number of benzene rings is 2. The van der Waals surface area contributed by atoms with Crippen LogP contribution in [-0.4, -0.2) is 32.1 Å². The molecular formula is C26H22BrNO5. The Morgan fingerprint density at radius 2 is 1.97 bits per heavy atom. The van der Waals surface area contributed by atoms with Crippen LogP contribution in [-0.2, 0) is 9.53 Å². The van der Waals surface area contributed by atoms with Gasteiger partial charge in [0, 0.05) is 28.3 Å². The van der Waals surface area contributed by atoms with Gasteiger partial charge >= 0.3 is 5.97 Å². The third-order valence-electron chi connectivity index (χ3n) is 5.63. The predicted octanol–water partition coefficient (Wildman–Crippen LogP) is 4.60. The summed E-state index contributed by atoms with van der Waals surface area (Å²) in [6.45, 7) is 3.84. The molecule has 33 heavy (non-hydrogen) atoms. The Morgan fingerprint density at radius 3 is 2.64 bits per heavy atom. The van der Waals surface area contributed by atoms with Crippen LogP contribution in [0.3, 0.4) is 0 Å². The molecule has 0 amide bonds. The van der Waals surface area contributed by atoms with Crippen LogP contribution in [0.15, 0.2) is 57.7 Å². The highest BCUT2D eigenvalue weighted by molar-refractivity contribution is 9.10. The van der Waals surface area contributed by atoms with Crippen LogP contribution >= 0.6 is 15.9 Å². The summed E-state index contributed by atoms with van der Waals surface area (Å²) in [5.41, 5.74) is 4.30. The highest BCUT2D eigenvalue weighted by Gasteiger charge is 2.43. The monoisotopic (exact) mass is 507 g/mol. The number of carbonyl (C=O) groups is 2. The molecule has 1 aliphatic carbocycles. The Bertz CT molecular complexity index is 1270. The maximum absolute atomic E-state index is 13.5. The molecule has 0 unspecified atom stereocenters. The molecule has 2 aliphatic rings. The highest BCUT2D eigenvalue weighted by Crippen LogP contribution is 2.49. The number of nitrogens with one attached hydrogen (secondary N) is 1. The number of Topliss-reactive ketones (excluding diaryl/α,β-unsaturated/α-hetero) is 1. The van der Waals surface area contributed by atoms with E-state index in [-0.39, 0.29) is 19.0 Å². The average Bonchev–Trinajstić information content (AvgIpc) is 3.08. The number of ketones is 1. The Kier molecular flexibility index (Phi) is 6.30. The second kappa shape index (κ2) is 9.16. The standard InChI is InChI=1S/C26H22BrNO5/c1-5-11-33-25-18(27)12-15(13-19(25)31-4)21-20(26(30)32-6-2)14(3)28-23-16-9-7-8-10-17(16)24(29)22(21)23/h1,7-10,12-13,21,28H,6,11H2,2-4H3/t21-/m1/s1. The molecule has 0 saturated heterocycles. The number of fused-ring (bicyclic) bond motifs is 2. The van der Waals surface area contributed by atoms with Crippen molar-refractivity contribution in [1.82, 2.24) is 5.32 Å². The maximum Gasteiger partial charge on any atom is 0.336 e. The van der Waals surface area contributed by atoms with Crippen LogP contribution in [0.1, 0.15) is 41.3 Å². The van der Waals surface area contributed by atoms with Gasteiger partial charge in [-0.2, -0.15) is 0 Å². The van der Waals surface area contributed by atoms with Crippen molar-refractivity contribution in [3.05, 3.63) is 74.4 Å². The first-order valence-corrected chi connectivity index (χ1v) is 11.2. The van der Waals surface area contributed by atoms with E-state index in [9.17, 15) is 9.59 Å². The Balaban J connectivity index is 1.93. The lowest BCUT2D eigenvalue weighted by Gasteiger charge is -2.29. The number of allylic oxidation sites excluding steroid dienone is 2. The molecule has 1 aliphatic heterocycles. The van der Waals surface area contributed by atoms with E-state index in [2.05, 4.69) is 27.2 Å². The van der Waals surface area contributed by atoms with E-state index in [1.54, 1.807) is 19.1 Å². The Labute approximate surface area is 200 Å². The van der Waals surface area contributed by atoms with Crippen molar-refractivity contribution in [2.75, 3.05) is 20.3 Å². The average molecular weight is 508 g/mol. The molecule has 0 fully saturated rings. The molecule has 1 heterocycles. The normalized spacial score (nSPS) is 16.6. The number of rotatable bonds is 6. The van der Waals surface area contributed by atoms with Gasteiger partial charge in [0.15, 0.2) is 17.3 Å². The molecule has 0 radical (unpaired) electrons. The lowest BCUT2D eigenvalue weighted by atomic mass is 9.79. The fourth-order valence-corrected chi connectivity index (χ4v) is 4.88. The van der Waals surface area contributed by atoms with Crippen molar-refractivity contribution < 1.29 is 23.8 Å². The number of hydrogen-bond donors (Lipinski definition) is 1. The van der Waals surface area contributed by atoms with Gasteiger partial charge in [-0.05, 0) is 47.5 Å². The molecule has 6 nitrogen and oxygen atoms in total. The first kappa shape index (κ1) is 22.7. The first-order valence-electron chi connectivity index (χ1n) is 10.4. The number of methoxy groups -OCH3 is 1. The number of carbonyl (C=O) groups excluding carboxylic acids is 2. The lowest BCUT2D eigenvalue weighted by molar-refractivity contribution is -0.138. The summed E-state index contributed by atoms with van der Waals surface area (Å²) >= 11 is 3.53. The maximum atomic E-state index is 13.5. The number of terminal acetylenes is 1. The van der Waals surface area contributed by atoms with Gasteiger partial charge in [-0.25, -0.2) is 4.79 Å². The van der Waals surface area contributed by atoms with Crippen LogP contribution in [0.25, 0.3) is 5.70 Å². The van der Waals surface area contributed by atoms with E-state index in [1.807, 2.05) is 31.2 Å². The summed E-state index contributed by atoms with van der Waals surface area (Å²) < 4.78 is 17.2. The molecule has 0 aromatic heterocycles. The van der Waals surface area contributed by atoms with Crippen molar-refractivity contribution in [1.29, 1.82) is 0 Å². The van der Waals surface area contributed by atoms with Crippen molar-refractivity contribution in [3.8, 4) is 23.8 Å². The molecule has 1 atom stereocenters. The molecule has 168 valence electrons. The predicted molar refractivity (Wildman–Crippen MR) is 128 cm³/mol. The van der Waals surface area contributed by atoms with Crippen LogP contribution < -0.4 is 14.8 Å². The topological polar surface area (TPSA) is 73.9 Å². The lowest BCUT2D eigenvalue weighted by Crippen LogP contribution is -2.29. The number of dihydropyridines is 1. The largest absolute Gasteiger partial charge is 0.493 e. The third-order valence-corrected chi connectivity index (χ3v) is 6.22. The highest BCUT2D eigenvalue weighted by atomic mass is 79.9. The zero-order chi connectivity index (χ0) is 23.7. The van der Waals surface area contributed by atoms with Gasteiger partial charge in [-0.1, -0.05) is 30.2 Å². The smallest absolute Gasteiger partial charge is 0.336 e. The van der Waals surface area contributed by atoms with Gasteiger partial charge < -0.3 is 19.5 Å². The Hall–Kier alpha value is -3.50. The molecule has 4 rings (SSSR count). The fourth-order valence-electron chi connectivity index (χ4n) is 4.30. The summed E-state index contributed by atoms with van der Waals surface area (Å²) in [5, 5.41) is 3.28. The van der Waals surface area contributed by atoms with Gasteiger partial charge in [0.05, 0.1) is 29.5 Å². The van der Waals surface area contributed by atoms with Gasteiger partial charge in [-0.3, -0.25) is 4.79 Å². The Morgan fingerprint density at radius 1 is 1.24 bits per heavy atom. The summed E-state index contributed by atoms with van der Waals surface area (Å²) in [5.74, 6) is 2.04. The minimum absolute atomic E-state index is 0.0673. The molecule has 0 bridgehead atoms. The summed E-state index contributed by atoms with van der Waals surface area (Å²) in [6.07, 6.45) is 5.34. The molecule has 1 N–H and O–H groups in total. The molecule has 0 spiro atoms. The van der Waals surface area contributed by atoms with E-state index in [0.717, 1.165) is 5.56 Å². The van der Waals surface area contributed by atoms with Gasteiger partial charge in [0.1, 0.15) is 6.61 Å². The summed E-state index contributed by atoms with van der Waals surface area (Å²) in [7, 11) is 1.52. The van der Waals surface area contributed by atoms with E-state index < -0.39 is 11.9 Å². The first-order chi connectivity index (χ1) is 15.9. The SMILES string of the molecule is C#CCOc1c(Br)cc([C@@H]2C(C(=O)OCC)=C(C)NC3=C2C(=O)c2ccccc23)cc1OC. The zero-order valence-corrected chi connectivity index (χ0v) is 20.0. The summed E-state index contributed by atoms with van der Waals surface area (Å²) in [4.78, 5) is 26.6. The molecule has 0 saturated carbocycles. The molecular weight excluding hydrogens is 486 g/mol. The third kappa shape index (κ3) is 3.81. The van der Waals surface area contributed by atoms with E-state index in [1.165, 1.54) is 7.11 Å². The van der Waals surface area contributed by atoms with Crippen molar-refractivity contribution in [2.45, 2.75) is 19.8 Å². The van der Waals surface area contributed by atoms with Crippen LogP contribution in [0.2, 0.25) is 0 Å². The van der Waals surface area contributed by atoms with E-state index in [4.69, 9.17) is 20.6 Å². The number of ether oxygens (including phenoxy) is 3. The van der Waals surface area contributed by atoms with Gasteiger partial charge in [0.2, 0.25) is 0 Å². The minimum atomic E-state index is -0.660. The quantitative estimate of drug-likeness (QED) is 0.454. The number of hydrogen-bond acceptors (Lipinski definition) is 6.